The number of benzene rings is 2. The number of thiazole rings is 1. The van der Waals surface area contributed by atoms with Gasteiger partial charge in [0.2, 0.25) is 11.8 Å². The Hall–Kier alpha value is -2.84. The van der Waals surface area contributed by atoms with E-state index in [1.54, 1.807) is 0 Å². The van der Waals surface area contributed by atoms with Crippen molar-refractivity contribution in [3.63, 3.8) is 0 Å². The van der Waals surface area contributed by atoms with Crippen molar-refractivity contribution in [3.8, 4) is 17.0 Å². The first-order valence-electron chi connectivity index (χ1n) is 10.1. The number of carbonyl (C=O) groups excluding carboxylic acids is 2. The predicted octanol–water partition coefficient (Wildman–Crippen LogP) is 5.29. The first-order valence-corrected chi connectivity index (χ1v) is 12.0. The van der Waals surface area contributed by atoms with E-state index in [0.29, 0.717) is 11.7 Å². The van der Waals surface area contributed by atoms with Crippen molar-refractivity contribution in [2.24, 2.45) is 5.92 Å². The van der Waals surface area contributed by atoms with Crippen LogP contribution in [0.3, 0.4) is 0 Å². The number of nitrogens with one attached hydrogen (secondary N) is 2. The quantitative estimate of drug-likeness (QED) is 0.431. The zero-order valence-corrected chi connectivity index (χ0v) is 18.7. The minimum absolute atomic E-state index is 0.0759. The fraction of sp³-hybridized carbons (Fsp3) is 0.261. The number of aromatic nitrogens is 1. The van der Waals surface area contributed by atoms with Crippen molar-refractivity contribution >= 4 is 45.7 Å². The van der Waals surface area contributed by atoms with Crippen LogP contribution in [0.5, 0.6) is 5.75 Å². The topological polar surface area (TPSA) is 80.3 Å². The van der Waals surface area contributed by atoms with E-state index in [2.05, 4.69) is 15.6 Å². The van der Waals surface area contributed by atoms with E-state index in [0.717, 1.165) is 40.4 Å². The second-order valence-electron chi connectivity index (χ2n) is 7.12. The summed E-state index contributed by atoms with van der Waals surface area (Å²) in [5.74, 6) is 1.20. The van der Waals surface area contributed by atoms with E-state index in [4.69, 9.17) is 4.74 Å². The molecule has 2 amide bonds. The second-order valence-corrected chi connectivity index (χ2v) is 9.03. The lowest BCUT2D eigenvalue weighted by atomic mass is 10.2. The molecule has 1 aromatic heterocycles. The van der Waals surface area contributed by atoms with E-state index in [-0.39, 0.29) is 23.5 Å². The van der Waals surface area contributed by atoms with Crippen LogP contribution in [0.15, 0.2) is 58.8 Å². The zero-order valence-electron chi connectivity index (χ0n) is 17.1. The number of carbonyl (C=O) groups is 2. The Kier molecular flexibility index (Phi) is 6.89. The van der Waals surface area contributed by atoms with Gasteiger partial charge in [-0.05, 0) is 62.2 Å². The molecular formula is C23H23N3O3S2. The summed E-state index contributed by atoms with van der Waals surface area (Å²) in [6.45, 7) is 2.58. The highest BCUT2D eigenvalue weighted by atomic mass is 32.2. The second kappa shape index (κ2) is 9.98. The van der Waals surface area contributed by atoms with Crippen molar-refractivity contribution < 1.29 is 14.3 Å². The fourth-order valence-electron chi connectivity index (χ4n) is 2.91. The van der Waals surface area contributed by atoms with Gasteiger partial charge in [0.05, 0.1) is 18.1 Å². The van der Waals surface area contributed by atoms with Gasteiger partial charge in [-0.15, -0.1) is 23.1 Å². The van der Waals surface area contributed by atoms with Crippen LogP contribution in [0.2, 0.25) is 0 Å². The summed E-state index contributed by atoms with van der Waals surface area (Å²) in [7, 11) is 0. The SMILES string of the molecule is CCOc1ccc(-c2csc(NC(=O)CSc3cccc(NC(=O)C4CC4)c3)n2)cc1. The highest BCUT2D eigenvalue weighted by Gasteiger charge is 2.29. The van der Waals surface area contributed by atoms with Crippen molar-refractivity contribution in [2.45, 2.75) is 24.7 Å². The molecule has 2 N–H and O–H groups in total. The number of rotatable bonds is 9. The molecule has 1 saturated carbocycles. The van der Waals surface area contributed by atoms with Crippen LogP contribution in [-0.4, -0.2) is 29.2 Å². The van der Waals surface area contributed by atoms with E-state index >= 15 is 0 Å². The molecule has 1 heterocycles. The molecule has 1 fully saturated rings. The fourth-order valence-corrected chi connectivity index (χ4v) is 4.40. The Balaban J connectivity index is 1.29. The molecule has 0 atom stereocenters. The predicted molar refractivity (Wildman–Crippen MR) is 126 cm³/mol. The Morgan fingerprint density at radius 3 is 2.71 bits per heavy atom. The van der Waals surface area contributed by atoms with Gasteiger partial charge in [0, 0.05) is 27.4 Å². The maximum atomic E-state index is 12.4. The molecule has 2 aromatic carbocycles. The van der Waals surface area contributed by atoms with Gasteiger partial charge in [0.25, 0.3) is 0 Å². The van der Waals surface area contributed by atoms with Gasteiger partial charge in [-0.2, -0.15) is 0 Å². The van der Waals surface area contributed by atoms with Crippen LogP contribution >= 0.6 is 23.1 Å². The molecule has 1 aliphatic rings. The maximum absolute atomic E-state index is 12.4. The van der Waals surface area contributed by atoms with Crippen molar-refractivity contribution in [2.75, 3.05) is 23.0 Å². The molecular weight excluding hydrogens is 430 g/mol. The summed E-state index contributed by atoms with van der Waals surface area (Å²) in [5, 5.41) is 8.28. The lowest BCUT2D eigenvalue weighted by Crippen LogP contribution is -2.14. The molecule has 0 spiro atoms. The Morgan fingerprint density at radius 2 is 1.97 bits per heavy atom. The third kappa shape index (κ3) is 6.08. The summed E-state index contributed by atoms with van der Waals surface area (Å²) in [6, 6.07) is 15.3. The van der Waals surface area contributed by atoms with E-state index in [1.807, 2.05) is 60.8 Å². The first kappa shape index (κ1) is 21.4. The first-order chi connectivity index (χ1) is 15.1. The third-order valence-corrected chi connectivity index (χ3v) is 6.38. The van der Waals surface area contributed by atoms with Gasteiger partial charge < -0.3 is 15.4 Å². The van der Waals surface area contributed by atoms with Crippen LogP contribution in [-0.2, 0) is 9.59 Å². The van der Waals surface area contributed by atoms with Gasteiger partial charge in [-0.25, -0.2) is 4.98 Å². The van der Waals surface area contributed by atoms with Crippen molar-refractivity contribution in [1.82, 2.24) is 4.98 Å². The summed E-state index contributed by atoms with van der Waals surface area (Å²) in [4.78, 5) is 29.7. The Morgan fingerprint density at radius 1 is 1.16 bits per heavy atom. The lowest BCUT2D eigenvalue weighted by Gasteiger charge is -2.07. The van der Waals surface area contributed by atoms with Gasteiger partial charge in [-0.3, -0.25) is 9.59 Å². The van der Waals surface area contributed by atoms with E-state index in [9.17, 15) is 9.59 Å². The van der Waals surface area contributed by atoms with Crippen LogP contribution in [0.4, 0.5) is 10.8 Å². The van der Waals surface area contributed by atoms with Crippen molar-refractivity contribution in [1.29, 1.82) is 0 Å². The average Bonchev–Trinajstić information content (AvgIpc) is 3.53. The summed E-state index contributed by atoms with van der Waals surface area (Å²) in [6.07, 6.45) is 1.94. The highest BCUT2D eigenvalue weighted by Crippen LogP contribution is 2.31. The molecule has 31 heavy (non-hydrogen) atoms. The largest absolute Gasteiger partial charge is 0.494 e. The summed E-state index contributed by atoms with van der Waals surface area (Å²) in [5.41, 5.74) is 2.55. The van der Waals surface area contributed by atoms with E-state index < -0.39 is 0 Å². The standard InChI is InChI=1S/C23H23N3O3S2/c1-2-29-18-10-8-15(9-11-18)20-13-31-23(25-20)26-21(27)14-30-19-5-3-4-17(12-19)24-22(28)16-6-7-16/h3-5,8-13,16H,2,6-7,14H2,1H3,(H,24,28)(H,25,26,27). The molecule has 0 aliphatic heterocycles. The normalized spacial score (nSPS) is 12.9. The average molecular weight is 454 g/mol. The molecule has 160 valence electrons. The molecule has 1 aliphatic carbocycles. The smallest absolute Gasteiger partial charge is 0.236 e. The number of hydrogen-bond donors (Lipinski definition) is 2. The van der Waals surface area contributed by atoms with Crippen LogP contribution in [0.1, 0.15) is 19.8 Å². The number of hydrogen-bond acceptors (Lipinski definition) is 6. The van der Waals surface area contributed by atoms with E-state index in [1.165, 1.54) is 23.1 Å². The molecule has 0 saturated heterocycles. The monoisotopic (exact) mass is 453 g/mol. The molecule has 0 radical (unpaired) electrons. The minimum atomic E-state index is -0.120. The number of ether oxygens (including phenoxy) is 1. The number of thioether (sulfide) groups is 1. The minimum Gasteiger partial charge on any atom is -0.494 e. The summed E-state index contributed by atoms with van der Waals surface area (Å²) >= 11 is 2.82. The van der Waals surface area contributed by atoms with Crippen LogP contribution in [0, 0.1) is 5.92 Å². The Labute approximate surface area is 189 Å². The van der Waals surface area contributed by atoms with Crippen molar-refractivity contribution in [3.05, 3.63) is 53.9 Å². The Bertz CT molecular complexity index is 1060. The zero-order chi connectivity index (χ0) is 21.6. The molecule has 6 nitrogen and oxygen atoms in total. The molecule has 0 bridgehead atoms. The lowest BCUT2D eigenvalue weighted by molar-refractivity contribution is -0.117. The van der Waals surface area contributed by atoms with Crippen LogP contribution in [0.25, 0.3) is 11.3 Å². The summed E-state index contributed by atoms with van der Waals surface area (Å²) < 4.78 is 5.46. The van der Waals surface area contributed by atoms with Gasteiger partial charge >= 0.3 is 0 Å². The number of nitrogens with zero attached hydrogens (tertiary/aromatic N) is 1. The molecule has 8 heteroatoms. The van der Waals surface area contributed by atoms with Crippen LogP contribution < -0.4 is 15.4 Å². The highest BCUT2D eigenvalue weighted by molar-refractivity contribution is 8.00. The van der Waals surface area contributed by atoms with Gasteiger partial charge in [0.15, 0.2) is 5.13 Å². The molecule has 4 rings (SSSR count). The third-order valence-electron chi connectivity index (χ3n) is 4.63. The number of amides is 2. The van der Waals surface area contributed by atoms with Gasteiger partial charge in [-0.1, -0.05) is 6.07 Å². The van der Waals surface area contributed by atoms with Gasteiger partial charge in [0.1, 0.15) is 5.75 Å². The maximum Gasteiger partial charge on any atom is 0.236 e. The molecule has 3 aromatic rings. The number of anilines is 2. The molecule has 0 unspecified atom stereocenters.